The largest absolute Gasteiger partial charge is 0.462 e. The summed E-state index contributed by atoms with van der Waals surface area (Å²) in [5, 5.41) is 23.8. The number of hydrogen-bond acceptors (Lipinski definition) is 5. The van der Waals surface area contributed by atoms with Gasteiger partial charge in [-0.3, -0.25) is 9.59 Å². The molecule has 0 fully saturated rings. The Kier molecular flexibility index (Phi) is 49.5. The Labute approximate surface area is 387 Å². The highest BCUT2D eigenvalue weighted by Crippen LogP contribution is 2.19. The highest BCUT2D eigenvalue weighted by molar-refractivity contribution is 5.77. The van der Waals surface area contributed by atoms with Crippen molar-refractivity contribution in [3.05, 3.63) is 12.2 Å². The molecule has 0 saturated heterocycles. The normalized spacial score (nSPS) is 13.2. The van der Waals surface area contributed by atoms with Crippen molar-refractivity contribution in [3.63, 3.8) is 0 Å². The van der Waals surface area contributed by atoms with E-state index in [0.29, 0.717) is 19.3 Å². The number of ether oxygens (including phenoxy) is 1. The molecule has 3 N–H and O–H groups in total. The van der Waals surface area contributed by atoms with Crippen LogP contribution < -0.4 is 5.32 Å². The van der Waals surface area contributed by atoms with Crippen LogP contribution in [0.25, 0.3) is 0 Å². The van der Waals surface area contributed by atoms with E-state index in [4.69, 9.17) is 4.74 Å². The quantitative estimate of drug-likeness (QED) is 0.0321. The van der Waals surface area contributed by atoms with Gasteiger partial charge in [0.05, 0.1) is 25.2 Å². The number of carbonyl (C=O) groups excluding carboxylic acids is 2. The van der Waals surface area contributed by atoms with Crippen molar-refractivity contribution >= 4 is 11.9 Å². The van der Waals surface area contributed by atoms with E-state index in [1.54, 1.807) is 0 Å². The van der Waals surface area contributed by atoms with Crippen LogP contribution >= 0.6 is 0 Å². The second-order valence-corrected chi connectivity index (χ2v) is 19.3. The molecule has 0 aliphatic heterocycles. The van der Waals surface area contributed by atoms with Crippen LogP contribution in [-0.4, -0.2) is 46.9 Å². The van der Waals surface area contributed by atoms with Crippen LogP contribution in [-0.2, 0) is 14.3 Å². The smallest absolute Gasteiger partial charge is 0.306 e. The van der Waals surface area contributed by atoms with Crippen LogP contribution in [0.15, 0.2) is 12.2 Å². The third kappa shape index (κ3) is 45.2. The van der Waals surface area contributed by atoms with Crippen molar-refractivity contribution in [1.29, 1.82) is 0 Å². The number of esters is 1. The van der Waals surface area contributed by atoms with E-state index in [2.05, 4.69) is 38.2 Å². The SMILES string of the molecule is CCCC/C=C\CCCCCCCC(=O)OC(CCCCCCCCCCCCCCCCCCC)CC(=O)NC(CO)C(O)CCCCCCCCCCCCCCCCC. The van der Waals surface area contributed by atoms with Crippen LogP contribution in [0, 0.1) is 0 Å². The van der Waals surface area contributed by atoms with Crippen LogP contribution in [0.4, 0.5) is 0 Å². The lowest BCUT2D eigenvalue weighted by Crippen LogP contribution is -2.46. The zero-order valence-corrected chi connectivity index (χ0v) is 42.0. The molecule has 0 aliphatic rings. The molecule has 1 amide bonds. The first-order chi connectivity index (χ1) is 30.5. The summed E-state index contributed by atoms with van der Waals surface area (Å²) in [7, 11) is 0. The minimum absolute atomic E-state index is 0.0819. The van der Waals surface area contributed by atoms with Gasteiger partial charge in [-0.15, -0.1) is 0 Å². The van der Waals surface area contributed by atoms with Crippen LogP contribution in [0.5, 0.6) is 0 Å². The Hall–Kier alpha value is -1.40. The molecular formula is C56H109NO5. The molecule has 0 aromatic rings. The summed E-state index contributed by atoms with van der Waals surface area (Å²) in [5.74, 6) is -0.464. The maximum Gasteiger partial charge on any atom is 0.306 e. The molecule has 0 saturated carbocycles. The third-order valence-corrected chi connectivity index (χ3v) is 13.1. The number of amides is 1. The highest BCUT2D eigenvalue weighted by atomic mass is 16.5. The third-order valence-electron chi connectivity index (χ3n) is 13.1. The van der Waals surface area contributed by atoms with Gasteiger partial charge >= 0.3 is 5.97 Å². The van der Waals surface area contributed by atoms with Crippen molar-refractivity contribution in [2.24, 2.45) is 0 Å². The molecule has 0 bridgehead atoms. The highest BCUT2D eigenvalue weighted by Gasteiger charge is 2.24. The maximum atomic E-state index is 13.2. The first kappa shape index (κ1) is 60.6. The van der Waals surface area contributed by atoms with Crippen LogP contribution in [0.3, 0.4) is 0 Å². The number of nitrogens with one attached hydrogen (secondary N) is 1. The Morgan fingerprint density at radius 2 is 0.790 bits per heavy atom. The second kappa shape index (κ2) is 50.6. The summed E-state index contributed by atoms with van der Waals surface area (Å²) in [4.78, 5) is 26.2. The summed E-state index contributed by atoms with van der Waals surface area (Å²) in [6.45, 7) is 6.49. The van der Waals surface area contributed by atoms with Gasteiger partial charge in [-0.1, -0.05) is 264 Å². The zero-order chi connectivity index (χ0) is 45.2. The number of aliphatic hydroxyl groups is 2. The molecule has 0 heterocycles. The van der Waals surface area contributed by atoms with Gasteiger partial charge in [0.15, 0.2) is 0 Å². The molecule has 0 aromatic carbocycles. The molecule has 0 rings (SSSR count). The topological polar surface area (TPSA) is 95.9 Å². The molecule has 0 radical (unpaired) electrons. The van der Waals surface area contributed by atoms with Gasteiger partial charge in [0.2, 0.25) is 5.91 Å². The summed E-state index contributed by atoms with van der Waals surface area (Å²) in [5.41, 5.74) is 0. The molecule has 6 nitrogen and oxygen atoms in total. The van der Waals surface area contributed by atoms with E-state index in [9.17, 15) is 19.8 Å². The lowest BCUT2D eigenvalue weighted by molar-refractivity contribution is -0.151. The van der Waals surface area contributed by atoms with Gasteiger partial charge in [-0.25, -0.2) is 0 Å². The summed E-state index contributed by atoms with van der Waals surface area (Å²) in [6.07, 6.45) is 57.0. The molecule has 6 heteroatoms. The van der Waals surface area contributed by atoms with Crippen LogP contribution in [0.2, 0.25) is 0 Å². The van der Waals surface area contributed by atoms with Gasteiger partial charge in [-0.05, 0) is 44.9 Å². The molecule has 3 unspecified atom stereocenters. The van der Waals surface area contributed by atoms with Crippen molar-refractivity contribution in [2.75, 3.05) is 6.61 Å². The second-order valence-electron chi connectivity index (χ2n) is 19.3. The summed E-state index contributed by atoms with van der Waals surface area (Å²) < 4.78 is 5.94. The van der Waals surface area contributed by atoms with E-state index >= 15 is 0 Å². The maximum absolute atomic E-state index is 13.2. The standard InChI is InChI=1S/C56H109NO5/c1-4-7-10-13-16-19-22-24-26-27-29-30-33-35-38-41-44-47-52(62-56(61)49-46-43-40-37-32-21-18-15-12-9-6-3)50-55(60)57-53(51-58)54(59)48-45-42-39-36-34-31-28-25-23-20-17-14-11-8-5-2/h15,18,52-54,58-59H,4-14,16-17,19-51H2,1-3H3,(H,57,60)/b18-15-. The number of unbranched alkanes of at least 4 members (excludes halogenated alkanes) is 37. The predicted molar refractivity (Wildman–Crippen MR) is 269 cm³/mol. The molecular weight excluding hydrogens is 767 g/mol. The summed E-state index contributed by atoms with van der Waals surface area (Å²) >= 11 is 0. The molecule has 0 spiro atoms. The summed E-state index contributed by atoms with van der Waals surface area (Å²) in [6, 6.07) is -0.697. The Morgan fingerprint density at radius 1 is 0.452 bits per heavy atom. The number of allylic oxidation sites excluding steroid dienone is 2. The van der Waals surface area contributed by atoms with E-state index < -0.39 is 18.2 Å². The number of hydrogen-bond donors (Lipinski definition) is 3. The molecule has 3 atom stereocenters. The average Bonchev–Trinajstić information content (AvgIpc) is 3.26. The molecule has 0 aliphatic carbocycles. The van der Waals surface area contributed by atoms with Gasteiger partial charge in [0, 0.05) is 6.42 Å². The zero-order valence-electron chi connectivity index (χ0n) is 42.0. The Balaban J connectivity index is 4.48. The Bertz CT molecular complexity index is 939. The monoisotopic (exact) mass is 876 g/mol. The first-order valence-corrected chi connectivity index (χ1v) is 27.9. The van der Waals surface area contributed by atoms with E-state index in [1.807, 2.05) is 0 Å². The van der Waals surface area contributed by atoms with Crippen molar-refractivity contribution in [1.82, 2.24) is 5.32 Å². The first-order valence-electron chi connectivity index (χ1n) is 27.9. The lowest BCUT2D eigenvalue weighted by Gasteiger charge is -2.24. The van der Waals surface area contributed by atoms with Gasteiger partial charge in [-0.2, -0.15) is 0 Å². The van der Waals surface area contributed by atoms with Crippen molar-refractivity contribution in [2.45, 2.75) is 328 Å². The van der Waals surface area contributed by atoms with Gasteiger partial charge < -0.3 is 20.3 Å². The minimum Gasteiger partial charge on any atom is -0.462 e. The van der Waals surface area contributed by atoms with Gasteiger partial charge in [0.25, 0.3) is 0 Å². The lowest BCUT2D eigenvalue weighted by atomic mass is 10.0. The van der Waals surface area contributed by atoms with E-state index in [1.165, 1.54) is 212 Å². The number of carbonyl (C=O) groups is 2. The van der Waals surface area contributed by atoms with Crippen molar-refractivity contribution < 1.29 is 24.5 Å². The van der Waals surface area contributed by atoms with Crippen molar-refractivity contribution in [3.8, 4) is 0 Å². The van der Waals surface area contributed by atoms with Crippen LogP contribution in [0.1, 0.15) is 310 Å². The average molecular weight is 876 g/mol. The van der Waals surface area contributed by atoms with Gasteiger partial charge in [0.1, 0.15) is 6.10 Å². The predicted octanol–water partition coefficient (Wildman–Crippen LogP) is 16.9. The van der Waals surface area contributed by atoms with E-state index in [-0.39, 0.29) is 24.9 Å². The molecule has 0 aromatic heterocycles. The number of aliphatic hydroxyl groups excluding tert-OH is 2. The fourth-order valence-corrected chi connectivity index (χ4v) is 8.83. The minimum atomic E-state index is -0.783. The number of rotatable bonds is 51. The molecule has 62 heavy (non-hydrogen) atoms. The Morgan fingerprint density at radius 3 is 1.19 bits per heavy atom. The fourth-order valence-electron chi connectivity index (χ4n) is 8.83. The molecule has 368 valence electrons. The van der Waals surface area contributed by atoms with E-state index in [0.717, 1.165) is 51.4 Å². The fraction of sp³-hybridized carbons (Fsp3) is 0.929.